The summed E-state index contributed by atoms with van der Waals surface area (Å²) in [6.45, 7) is 1.27. The summed E-state index contributed by atoms with van der Waals surface area (Å²) in [6.07, 6.45) is 1.61. The highest BCUT2D eigenvalue weighted by Gasteiger charge is 2.47. The number of carboxylic acid groups (broad SMARTS) is 1. The molecule has 2 heterocycles. The Balaban J connectivity index is 2.07. The van der Waals surface area contributed by atoms with Gasteiger partial charge in [-0.15, -0.1) is 0 Å². The third kappa shape index (κ3) is 1.60. The number of fused-ring (bicyclic) bond motifs is 1. The molecular weight excluding hydrogens is 250 g/mol. The zero-order valence-electron chi connectivity index (χ0n) is 9.46. The Morgan fingerprint density at radius 2 is 2.28 bits per heavy atom. The quantitative estimate of drug-likeness (QED) is 0.832. The van der Waals surface area contributed by atoms with Crippen molar-refractivity contribution in [1.82, 2.24) is 5.32 Å². The predicted molar refractivity (Wildman–Crippen MR) is 70.6 cm³/mol. The third-order valence-corrected chi connectivity index (χ3v) is 4.21. The molecule has 0 fully saturated rings. The van der Waals surface area contributed by atoms with E-state index in [4.69, 9.17) is 0 Å². The number of thioether (sulfide) groups is 1. The Bertz CT molecular complexity index is 570. The van der Waals surface area contributed by atoms with Gasteiger partial charge in [-0.1, -0.05) is 30.0 Å². The van der Waals surface area contributed by atoms with Crippen LogP contribution in [0.25, 0.3) is 0 Å². The maximum Gasteiger partial charge on any atom is 0.350 e. The molecule has 2 aliphatic rings. The summed E-state index contributed by atoms with van der Waals surface area (Å²) in [7, 11) is 0. The zero-order valence-corrected chi connectivity index (χ0v) is 10.3. The highest BCUT2D eigenvalue weighted by Crippen LogP contribution is 2.40. The summed E-state index contributed by atoms with van der Waals surface area (Å²) >= 11 is 1.22. The Labute approximate surface area is 108 Å². The van der Waals surface area contributed by atoms with Crippen LogP contribution in [0.3, 0.4) is 0 Å². The largest absolute Gasteiger partial charge is 0.478 e. The molecule has 6 heteroatoms. The average molecular weight is 261 g/mol. The lowest BCUT2D eigenvalue weighted by molar-refractivity contribution is -0.137. The van der Waals surface area contributed by atoms with Crippen LogP contribution in [0.4, 0.5) is 0 Å². The molecule has 1 atom stereocenters. The lowest BCUT2D eigenvalue weighted by Gasteiger charge is -2.28. The van der Waals surface area contributed by atoms with Gasteiger partial charge in [0.2, 0.25) is 0 Å². The molecule has 0 spiro atoms. The van der Waals surface area contributed by atoms with Crippen molar-refractivity contribution in [3.63, 3.8) is 0 Å². The molecule has 2 N–H and O–H groups in total. The summed E-state index contributed by atoms with van der Waals surface area (Å²) in [5, 5.41) is 12.5. The number of rotatable bonds is 2. The van der Waals surface area contributed by atoms with Crippen molar-refractivity contribution in [2.24, 2.45) is 9.98 Å². The van der Waals surface area contributed by atoms with Crippen molar-refractivity contribution in [1.29, 1.82) is 0 Å². The number of hydrogen-bond acceptors (Lipinski definition) is 5. The van der Waals surface area contributed by atoms with Gasteiger partial charge < -0.3 is 10.4 Å². The van der Waals surface area contributed by atoms with Crippen molar-refractivity contribution in [2.75, 3.05) is 13.1 Å². The van der Waals surface area contributed by atoms with Gasteiger partial charge in [0.1, 0.15) is 5.84 Å². The van der Waals surface area contributed by atoms with E-state index in [1.54, 1.807) is 6.21 Å². The molecule has 1 unspecified atom stereocenters. The smallest absolute Gasteiger partial charge is 0.350 e. The van der Waals surface area contributed by atoms with Crippen molar-refractivity contribution < 1.29 is 9.90 Å². The fourth-order valence-electron chi connectivity index (χ4n) is 1.96. The van der Waals surface area contributed by atoms with Gasteiger partial charge in [-0.3, -0.25) is 9.98 Å². The van der Waals surface area contributed by atoms with E-state index in [2.05, 4.69) is 15.3 Å². The first-order valence-corrected chi connectivity index (χ1v) is 6.39. The van der Waals surface area contributed by atoms with E-state index in [1.165, 1.54) is 11.8 Å². The maximum atomic E-state index is 11.6. The number of benzene rings is 1. The van der Waals surface area contributed by atoms with Gasteiger partial charge in [0, 0.05) is 23.2 Å². The molecule has 1 aromatic carbocycles. The number of aliphatic carboxylic acids is 1. The van der Waals surface area contributed by atoms with E-state index in [0.29, 0.717) is 18.9 Å². The van der Waals surface area contributed by atoms with Crippen LogP contribution >= 0.6 is 11.8 Å². The van der Waals surface area contributed by atoms with Gasteiger partial charge in [-0.25, -0.2) is 4.79 Å². The standard InChI is InChI=1S/C12H11N3O2S/c16-11(17)12(10-13-5-6-14-10)15-7-8-3-1-2-4-9(8)18-12/h1-4,7H,5-6H2,(H,13,14)(H,16,17). The van der Waals surface area contributed by atoms with E-state index >= 15 is 0 Å². The van der Waals surface area contributed by atoms with Gasteiger partial charge in [-0.2, -0.15) is 0 Å². The molecule has 2 aliphatic heterocycles. The van der Waals surface area contributed by atoms with Crippen LogP contribution in [0, 0.1) is 0 Å². The molecule has 92 valence electrons. The summed E-state index contributed by atoms with van der Waals surface area (Å²) in [6, 6.07) is 7.62. The predicted octanol–water partition coefficient (Wildman–Crippen LogP) is 0.994. The monoisotopic (exact) mass is 261 g/mol. The van der Waals surface area contributed by atoms with Gasteiger partial charge >= 0.3 is 5.97 Å². The highest BCUT2D eigenvalue weighted by atomic mass is 32.2. The molecule has 0 aliphatic carbocycles. The number of amidine groups is 1. The number of nitrogens with zero attached hydrogens (tertiary/aromatic N) is 2. The van der Waals surface area contributed by atoms with E-state index in [-0.39, 0.29) is 0 Å². The first-order chi connectivity index (χ1) is 8.72. The molecule has 5 nitrogen and oxygen atoms in total. The average Bonchev–Trinajstić information content (AvgIpc) is 2.92. The first kappa shape index (κ1) is 11.3. The van der Waals surface area contributed by atoms with Gasteiger partial charge in [0.05, 0.1) is 6.54 Å². The Morgan fingerprint density at radius 3 is 3.00 bits per heavy atom. The van der Waals surface area contributed by atoms with E-state index < -0.39 is 10.8 Å². The molecule has 0 aromatic heterocycles. The molecule has 1 aromatic rings. The number of nitrogens with one attached hydrogen (secondary N) is 1. The molecule has 0 radical (unpaired) electrons. The fourth-order valence-corrected chi connectivity index (χ4v) is 3.09. The molecule has 0 saturated carbocycles. The van der Waals surface area contributed by atoms with Crippen LogP contribution in [0.15, 0.2) is 39.1 Å². The summed E-state index contributed by atoms with van der Waals surface area (Å²) < 4.78 is 0. The van der Waals surface area contributed by atoms with Crippen LogP contribution in [0.1, 0.15) is 5.56 Å². The van der Waals surface area contributed by atoms with Crippen molar-refractivity contribution >= 4 is 29.8 Å². The second-order valence-electron chi connectivity index (χ2n) is 4.00. The van der Waals surface area contributed by atoms with Gasteiger partial charge in [-0.05, 0) is 6.07 Å². The minimum atomic E-state index is -1.36. The summed E-state index contributed by atoms with van der Waals surface area (Å²) in [4.78, 5) is 19.6. The van der Waals surface area contributed by atoms with Crippen molar-refractivity contribution in [2.45, 2.75) is 9.77 Å². The minimum Gasteiger partial charge on any atom is -0.478 e. The summed E-state index contributed by atoms with van der Waals surface area (Å²) in [5.74, 6) is -0.558. The zero-order chi connectivity index (χ0) is 12.6. The molecule has 0 saturated heterocycles. The van der Waals surface area contributed by atoms with Crippen LogP contribution in [0.5, 0.6) is 0 Å². The number of carbonyl (C=O) groups is 1. The van der Waals surface area contributed by atoms with E-state index in [0.717, 1.165) is 10.5 Å². The van der Waals surface area contributed by atoms with E-state index in [9.17, 15) is 9.90 Å². The van der Waals surface area contributed by atoms with E-state index in [1.807, 2.05) is 24.3 Å². The molecule has 0 amide bonds. The Morgan fingerprint density at radius 1 is 1.44 bits per heavy atom. The molecule has 3 rings (SSSR count). The number of carboxylic acids is 1. The highest BCUT2D eigenvalue weighted by molar-refractivity contribution is 8.02. The SMILES string of the molecule is O=C(O)C1(C2=NCCN2)N=Cc2ccccc2S1. The van der Waals surface area contributed by atoms with Crippen LogP contribution < -0.4 is 5.32 Å². The van der Waals surface area contributed by atoms with Gasteiger partial charge in [0.25, 0.3) is 4.87 Å². The first-order valence-electron chi connectivity index (χ1n) is 5.58. The van der Waals surface area contributed by atoms with Crippen LogP contribution in [0.2, 0.25) is 0 Å². The van der Waals surface area contributed by atoms with Crippen molar-refractivity contribution in [3.8, 4) is 0 Å². The molecule has 18 heavy (non-hydrogen) atoms. The second kappa shape index (κ2) is 4.13. The topological polar surface area (TPSA) is 74.0 Å². The maximum absolute atomic E-state index is 11.6. The van der Waals surface area contributed by atoms with Crippen molar-refractivity contribution in [3.05, 3.63) is 29.8 Å². The lowest BCUT2D eigenvalue weighted by Crippen LogP contribution is -2.48. The number of aliphatic imine (C=N–C) groups is 2. The number of hydrogen-bond donors (Lipinski definition) is 2. The Hall–Kier alpha value is -1.82. The molecular formula is C12H11N3O2S. The molecule has 0 bridgehead atoms. The second-order valence-corrected chi connectivity index (χ2v) is 5.24. The normalized spacial score (nSPS) is 25.2. The fraction of sp³-hybridized carbons (Fsp3) is 0.250. The van der Waals surface area contributed by atoms with Crippen LogP contribution in [-0.4, -0.2) is 41.1 Å². The minimum absolute atomic E-state index is 0.436. The summed E-state index contributed by atoms with van der Waals surface area (Å²) in [5.41, 5.74) is 0.943. The third-order valence-electron chi connectivity index (χ3n) is 2.85. The Kier molecular flexibility index (Phi) is 2.59. The van der Waals surface area contributed by atoms with Gasteiger partial charge in [0.15, 0.2) is 0 Å². The van der Waals surface area contributed by atoms with Crippen LogP contribution in [-0.2, 0) is 4.79 Å². The lowest BCUT2D eigenvalue weighted by atomic mass is 10.2.